The number of thiophene rings is 1. The summed E-state index contributed by atoms with van der Waals surface area (Å²) >= 11 is 2.78. The molecule has 174 valence electrons. The third kappa shape index (κ3) is 4.77. The molecular weight excluding hydrogens is 460 g/mol. The van der Waals surface area contributed by atoms with Gasteiger partial charge in [-0.25, -0.2) is 4.79 Å². The van der Waals surface area contributed by atoms with Crippen LogP contribution in [0.25, 0.3) is 11.4 Å². The number of amides is 1. The van der Waals surface area contributed by atoms with E-state index in [9.17, 15) is 9.59 Å². The Bertz CT molecular complexity index is 1170. The van der Waals surface area contributed by atoms with Crippen LogP contribution in [0.5, 0.6) is 5.75 Å². The van der Waals surface area contributed by atoms with E-state index in [4.69, 9.17) is 9.47 Å². The van der Waals surface area contributed by atoms with Gasteiger partial charge in [-0.2, -0.15) is 0 Å². The van der Waals surface area contributed by atoms with Gasteiger partial charge in [0.15, 0.2) is 11.0 Å². The number of nitrogens with zero attached hydrogens (tertiary/aromatic N) is 3. The molecular formula is C23H26N4O4S2. The molecule has 2 aromatic heterocycles. The van der Waals surface area contributed by atoms with E-state index in [-0.39, 0.29) is 17.6 Å². The van der Waals surface area contributed by atoms with Crippen LogP contribution in [0.15, 0.2) is 29.4 Å². The zero-order valence-electron chi connectivity index (χ0n) is 18.8. The molecule has 0 aliphatic heterocycles. The Labute approximate surface area is 200 Å². The molecule has 2 heterocycles. The summed E-state index contributed by atoms with van der Waals surface area (Å²) in [5.74, 6) is 0.986. The van der Waals surface area contributed by atoms with Crippen molar-refractivity contribution in [2.75, 3.05) is 24.8 Å². The first-order valence-corrected chi connectivity index (χ1v) is 12.7. The molecule has 0 saturated carbocycles. The second-order valence-electron chi connectivity index (χ2n) is 7.37. The number of benzene rings is 1. The lowest BCUT2D eigenvalue weighted by molar-refractivity contribution is -0.113. The van der Waals surface area contributed by atoms with E-state index in [1.165, 1.54) is 23.1 Å². The Morgan fingerprint density at radius 2 is 2.03 bits per heavy atom. The molecule has 1 N–H and O–H groups in total. The van der Waals surface area contributed by atoms with Gasteiger partial charge in [-0.05, 0) is 50.8 Å². The highest BCUT2D eigenvalue weighted by molar-refractivity contribution is 7.99. The number of aromatic nitrogens is 3. The summed E-state index contributed by atoms with van der Waals surface area (Å²) < 4.78 is 12.7. The maximum Gasteiger partial charge on any atom is 0.341 e. The summed E-state index contributed by atoms with van der Waals surface area (Å²) in [6.45, 7) is 4.73. The number of ether oxygens (including phenoxy) is 2. The van der Waals surface area contributed by atoms with Gasteiger partial charge in [0, 0.05) is 11.4 Å². The van der Waals surface area contributed by atoms with Crippen LogP contribution in [0.3, 0.4) is 0 Å². The van der Waals surface area contributed by atoms with Crippen LogP contribution in [0.1, 0.15) is 41.1 Å². The number of esters is 1. The maximum atomic E-state index is 12.8. The molecule has 0 fully saturated rings. The van der Waals surface area contributed by atoms with Crippen LogP contribution < -0.4 is 10.1 Å². The number of carbonyl (C=O) groups excluding carboxylic acids is 2. The fourth-order valence-corrected chi connectivity index (χ4v) is 6.01. The number of hydrogen-bond acceptors (Lipinski definition) is 8. The smallest absolute Gasteiger partial charge is 0.341 e. The van der Waals surface area contributed by atoms with Crippen molar-refractivity contribution >= 4 is 40.0 Å². The Balaban J connectivity index is 1.48. The van der Waals surface area contributed by atoms with Gasteiger partial charge in [0.05, 0.1) is 30.6 Å². The number of anilines is 1. The topological polar surface area (TPSA) is 95.3 Å². The number of hydrogen-bond donors (Lipinski definition) is 1. The van der Waals surface area contributed by atoms with E-state index >= 15 is 0 Å². The van der Waals surface area contributed by atoms with Crippen LogP contribution in [-0.2, 0) is 28.9 Å². The minimum Gasteiger partial charge on any atom is -0.496 e. The zero-order chi connectivity index (χ0) is 23.4. The lowest BCUT2D eigenvalue weighted by atomic mass is 10.1. The molecule has 1 amide bonds. The molecule has 4 rings (SSSR count). The molecule has 0 saturated heterocycles. The highest BCUT2D eigenvalue weighted by atomic mass is 32.2. The lowest BCUT2D eigenvalue weighted by Crippen LogP contribution is -2.17. The maximum absolute atomic E-state index is 12.8. The van der Waals surface area contributed by atoms with E-state index in [1.807, 2.05) is 35.8 Å². The number of nitrogens with one attached hydrogen (secondary N) is 1. The number of rotatable bonds is 9. The predicted octanol–water partition coefficient (Wildman–Crippen LogP) is 4.43. The monoisotopic (exact) mass is 486 g/mol. The van der Waals surface area contributed by atoms with Gasteiger partial charge in [0.1, 0.15) is 10.8 Å². The van der Waals surface area contributed by atoms with Gasteiger partial charge in [-0.15, -0.1) is 21.5 Å². The van der Waals surface area contributed by atoms with E-state index in [0.717, 1.165) is 35.3 Å². The first-order chi connectivity index (χ1) is 16.1. The summed E-state index contributed by atoms with van der Waals surface area (Å²) in [4.78, 5) is 26.4. The zero-order valence-corrected chi connectivity index (χ0v) is 20.5. The Kier molecular flexibility index (Phi) is 7.34. The average Bonchev–Trinajstić information content (AvgIpc) is 3.51. The van der Waals surface area contributed by atoms with Gasteiger partial charge in [-0.1, -0.05) is 23.9 Å². The quantitative estimate of drug-likeness (QED) is 0.353. The second-order valence-corrected chi connectivity index (χ2v) is 9.42. The van der Waals surface area contributed by atoms with Gasteiger partial charge in [-0.3, -0.25) is 4.79 Å². The number of thioether (sulfide) groups is 1. The molecule has 1 aliphatic rings. The summed E-state index contributed by atoms with van der Waals surface area (Å²) in [5, 5.41) is 12.8. The van der Waals surface area contributed by atoms with E-state index < -0.39 is 0 Å². The van der Waals surface area contributed by atoms with Crippen LogP contribution in [0, 0.1) is 0 Å². The van der Waals surface area contributed by atoms with Crippen molar-refractivity contribution < 1.29 is 19.1 Å². The molecule has 3 aromatic rings. The summed E-state index contributed by atoms with van der Waals surface area (Å²) in [6.07, 6.45) is 2.80. The largest absolute Gasteiger partial charge is 0.496 e. The van der Waals surface area contributed by atoms with Crippen LogP contribution in [0.2, 0.25) is 0 Å². The molecule has 0 radical (unpaired) electrons. The molecule has 8 nitrogen and oxygen atoms in total. The van der Waals surface area contributed by atoms with Gasteiger partial charge in [0.2, 0.25) is 5.91 Å². The lowest BCUT2D eigenvalue weighted by Gasteiger charge is -2.10. The molecule has 10 heteroatoms. The molecule has 33 heavy (non-hydrogen) atoms. The van der Waals surface area contributed by atoms with E-state index in [2.05, 4.69) is 15.5 Å². The third-order valence-corrected chi connectivity index (χ3v) is 7.54. The van der Waals surface area contributed by atoms with Gasteiger partial charge >= 0.3 is 5.97 Å². The van der Waals surface area contributed by atoms with Gasteiger partial charge in [0.25, 0.3) is 0 Å². The van der Waals surface area contributed by atoms with Crippen molar-refractivity contribution in [3.05, 3.63) is 40.3 Å². The molecule has 1 aliphatic carbocycles. The van der Waals surface area contributed by atoms with Crippen molar-refractivity contribution in [3.63, 3.8) is 0 Å². The van der Waals surface area contributed by atoms with Crippen LogP contribution in [0.4, 0.5) is 5.00 Å². The average molecular weight is 487 g/mol. The van der Waals surface area contributed by atoms with Crippen molar-refractivity contribution in [1.29, 1.82) is 0 Å². The first-order valence-electron chi connectivity index (χ1n) is 10.9. The molecule has 0 bridgehead atoms. The van der Waals surface area contributed by atoms with Crippen molar-refractivity contribution in [3.8, 4) is 17.1 Å². The Morgan fingerprint density at radius 3 is 2.79 bits per heavy atom. The predicted molar refractivity (Wildman–Crippen MR) is 129 cm³/mol. The fraction of sp³-hybridized carbons (Fsp3) is 0.391. The second kappa shape index (κ2) is 10.4. The first kappa shape index (κ1) is 23.3. The van der Waals surface area contributed by atoms with Gasteiger partial charge < -0.3 is 19.4 Å². The van der Waals surface area contributed by atoms with Crippen molar-refractivity contribution in [1.82, 2.24) is 14.8 Å². The number of carbonyl (C=O) groups is 2. The fourth-order valence-electron chi connectivity index (χ4n) is 3.91. The minimum absolute atomic E-state index is 0.148. The van der Waals surface area contributed by atoms with Crippen molar-refractivity contribution in [2.45, 2.75) is 44.8 Å². The minimum atomic E-state index is -0.368. The SMILES string of the molecule is CCOC(=O)c1c(NC(=O)CSc2nnc(-c3ccccc3OC)n2CC)sc2c1CCC2. The summed E-state index contributed by atoms with van der Waals surface area (Å²) in [7, 11) is 1.62. The molecule has 0 unspecified atom stereocenters. The number of methoxy groups -OCH3 is 1. The number of para-hydroxylation sites is 1. The Morgan fingerprint density at radius 1 is 1.21 bits per heavy atom. The number of fused-ring (bicyclic) bond motifs is 1. The normalized spacial score (nSPS) is 12.5. The van der Waals surface area contributed by atoms with E-state index in [1.54, 1.807) is 14.0 Å². The Hall–Kier alpha value is -2.85. The molecule has 1 aromatic carbocycles. The van der Waals surface area contributed by atoms with Crippen LogP contribution in [-0.4, -0.2) is 46.1 Å². The van der Waals surface area contributed by atoms with E-state index in [0.29, 0.717) is 40.4 Å². The third-order valence-electron chi connectivity index (χ3n) is 5.37. The summed E-state index contributed by atoms with van der Waals surface area (Å²) in [6, 6.07) is 7.64. The standard InChI is InChI=1S/C23H26N4O4S2/c1-4-27-20(14-9-6-7-11-16(14)30-3)25-26-23(27)32-13-18(28)24-21-19(22(29)31-5-2)15-10-8-12-17(15)33-21/h6-7,9,11H,4-5,8,10,12-13H2,1-3H3,(H,24,28). The van der Waals surface area contributed by atoms with Crippen LogP contribution >= 0.6 is 23.1 Å². The summed E-state index contributed by atoms with van der Waals surface area (Å²) in [5.41, 5.74) is 2.38. The molecule has 0 spiro atoms. The highest BCUT2D eigenvalue weighted by Gasteiger charge is 2.28. The highest BCUT2D eigenvalue weighted by Crippen LogP contribution is 2.39. The number of aryl methyl sites for hydroxylation is 1. The van der Waals surface area contributed by atoms with Crippen molar-refractivity contribution in [2.24, 2.45) is 0 Å². The molecule has 0 atom stereocenters.